The van der Waals surface area contributed by atoms with Crippen LogP contribution in [0.15, 0.2) is 24.3 Å². The Balaban J connectivity index is 0.00000210. The standard InChI is InChI=1S/C19H21F3N2OS.ClH/c1-18(2)16(11-5-7-24(18)8-6-11)23-17(25)15-10-12-9-13(19(20,21)22)3-4-14(12)26-15;/h3-4,9-11,16H,5-8H2,1-2H3,(H,23,25);1H/t16-;/m1./s1. The molecule has 2 aromatic rings. The van der Waals surface area contributed by atoms with Gasteiger partial charge in [0.15, 0.2) is 0 Å². The molecular weight excluding hydrogens is 397 g/mol. The fraction of sp³-hybridized carbons (Fsp3) is 0.526. The highest BCUT2D eigenvalue weighted by Gasteiger charge is 2.48. The van der Waals surface area contributed by atoms with E-state index in [1.807, 2.05) is 0 Å². The number of carbonyl (C=O) groups excluding carboxylic acids is 1. The average Bonchev–Trinajstić information content (AvgIpc) is 3.01. The number of halogens is 4. The summed E-state index contributed by atoms with van der Waals surface area (Å²) < 4.78 is 39.3. The zero-order chi connectivity index (χ0) is 18.7. The van der Waals surface area contributed by atoms with Crippen molar-refractivity contribution in [1.82, 2.24) is 10.2 Å². The van der Waals surface area contributed by atoms with Gasteiger partial charge < -0.3 is 5.32 Å². The molecule has 2 bridgehead atoms. The molecule has 3 nitrogen and oxygen atoms in total. The molecule has 1 aromatic carbocycles. The topological polar surface area (TPSA) is 32.3 Å². The number of carbonyl (C=O) groups is 1. The number of rotatable bonds is 2. The van der Waals surface area contributed by atoms with Gasteiger partial charge in [-0.05, 0) is 75.3 Å². The maximum atomic E-state index is 12.9. The van der Waals surface area contributed by atoms with Gasteiger partial charge in [0.2, 0.25) is 0 Å². The predicted octanol–water partition coefficient (Wildman–Crippen LogP) is 4.94. The molecule has 3 aliphatic heterocycles. The van der Waals surface area contributed by atoms with Crippen molar-refractivity contribution in [1.29, 1.82) is 0 Å². The van der Waals surface area contributed by atoms with Gasteiger partial charge in [0, 0.05) is 16.3 Å². The fourth-order valence-corrected chi connectivity index (χ4v) is 5.37. The lowest BCUT2D eigenvalue weighted by molar-refractivity contribution is -0.137. The van der Waals surface area contributed by atoms with E-state index in [-0.39, 0.29) is 29.9 Å². The summed E-state index contributed by atoms with van der Waals surface area (Å²) >= 11 is 1.24. The van der Waals surface area contributed by atoms with E-state index in [0.29, 0.717) is 20.9 Å². The lowest BCUT2D eigenvalue weighted by Crippen LogP contribution is -2.69. The summed E-state index contributed by atoms with van der Waals surface area (Å²) in [4.78, 5) is 15.7. The largest absolute Gasteiger partial charge is 0.416 e. The van der Waals surface area contributed by atoms with Crippen LogP contribution in [0.3, 0.4) is 0 Å². The van der Waals surface area contributed by atoms with Crippen molar-refractivity contribution in [2.45, 2.75) is 44.4 Å². The molecule has 1 N–H and O–H groups in total. The molecule has 3 saturated heterocycles. The number of nitrogens with zero attached hydrogens (tertiary/aromatic N) is 1. The second-order valence-electron chi connectivity index (χ2n) is 7.79. The summed E-state index contributed by atoms with van der Waals surface area (Å²) in [6, 6.07) is 5.25. The number of benzene rings is 1. The molecule has 1 atom stereocenters. The number of thiophene rings is 1. The van der Waals surface area contributed by atoms with Crippen molar-refractivity contribution in [3.05, 3.63) is 34.7 Å². The summed E-state index contributed by atoms with van der Waals surface area (Å²) in [5.74, 6) is 0.275. The second-order valence-corrected chi connectivity index (χ2v) is 8.87. The number of hydrogen-bond donors (Lipinski definition) is 1. The summed E-state index contributed by atoms with van der Waals surface area (Å²) in [6.07, 6.45) is -2.22. The van der Waals surface area contributed by atoms with Gasteiger partial charge in [-0.2, -0.15) is 13.2 Å². The van der Waals surface area contributed by atoms with Gasteiger partial charge in [-0.1, -0.05) is 0 Å². The van der Waals surface area contributed by atoms with Crippen molar-refractivity contribution in [3.63, 3.8) is 0 Å². The minimum absolute atomic E-state index is 0. The Morgan fingerprint density at radius 1 is 1.22 bits per heavy atom. The number of hydrogen-bond acceptors (Lipinski definition) is 3. The molecule has 8 heteroatoms. The van der Waals surface area contributed by atoms with E-state index in [1.165, 1.54) is 17.4 Å². The van der Waals surface area contributed by atoms with Crippen molar-refractivity contribution in [2.75, 3.05) is 13.1 Å². The SMILES string of the molecule is CC1(C)[C@H](NC(=O)c2cc3cc(C(F)(F)F)ccc3s2)C2CCN1CC2.Cl. The van der Waals surface area contributed by atoms with Gasteiger partial charge in [-0.3, -0.25) is 9.69 Å². The van der Waals surface area contributed by atoms with E-state index in [0.717, 1.165) is 38.1 Å². The lowest BCUT2D eigenvalue weighted by Gasteiger charge is -2.56. The molecule has 0 spiro atoms. The zero-order valence-corrected chi connectivity index (χ0v) is 16.7. The minimum atomic E-state index is -4.38. The van der Waals surface area contributed by atoms with E-state index < -0.39 is 11.7 Å². The second kappa shape index (κ2) is 6.94. The predicted molar refractivity (Wildman–Crippen MR) is 104 cm³/mol. The maximum absolute atomic E-state index is 12.9. The number of amides is 1. The van der Waals surface area contributed by atoms with Crippen molar-refractivity contribution in [2.24, 2.45) is 5.92 Å². The van der Waals surface area contributed by atoms with E-state index in [4.69, 9.17) is 0 Å². The Hall–Kier alpha value is -1.31. The molecular formula is C19H22ClF3N2OS. The molecule has 27 heavy (non-hydrogen) atoms. The fourth-order valence-electron chi connectivity index (χ4n) is 4.42. The zero-order valence-electron chi connectivity index (χ0n) is 15.1. The van der Waals surface area contributed by atoms with Crippen LogP contribution < -0.4 is 5.32 Å². The first kappa shape index (κ1) is 20.4. The maximum Gasteiger partial charge on any atom is 0.416 e. The lowest BCUT2D eigenvalue weighted by atomic mass is 9.72. The first-order valence-electron chi connectivity index (χ1n) is 8.83. The van der Waals surface area contributed by atoms with E-state index in [2.05, 4.69) is 24.1 Å². The number of fused-ring (bicyclic) bond motifs is 4. The molecule has 3 fully saturated rings. The molecule has 1 aromatic heterocycles. The van der Waals surface area contributed by atoms with E-state index in [9.17, 15) is 18.0 Å². The molecule has 4 heterocycles. The Morgan fingerprint density at radius 3 is 2.48 bits per heavy atom. The van der Waals surface area contributed by atoms with Crippen molar-refractivity contribution >= 4 is 39.7 Å². The molecule has 3 aliphatic rings. The summed E-state index contributed by atoms with van der Waals surface area (Å²) in [7, 11) is 0. The van der Waals surface area contributed by atoms with E-state index in [1.54, 1.807) is 6.07 Å². The van der Waals surface area contributed by atoms with Gasteiger partial charge in [0.1, 0.15) is 0 Å². The third kappa shape index (κ3) is 3.57. The van der Waals surface area contributed by atoms with Crippen LogP contribution in [0.1, 0.15) is 41.9 Å². The highest BCUT2D eigenvalue weighted by Crippen LogP contribution is 2.39. The molecule has 0 radical (unpaired) electrons. The molecule has 148 valence electrons. The van der Waals surface area contributed by atoms with Gasteiger partial charge in [0.25, 0.3) is 5.91 Å². The van der Waals surface area contributed by atoms with Gasteiger partial charge in [-0.15, -0.1) is 23.7 Å². The van der Waals surface area contributed by atoms with Crippen LogP contribution in [0, 0.1) is 5.92 Å². The van der Waals surface area contributed by atoms with Gasteiger partial charge >= 0.3 is 6.18 Å². The van der Waals surface area contributed by atoms with Crippen LogP contribution in [-0.4, -0.2) is 35.5 Å². The number of piperidine rings is 3. The quantitative estimate of drug-likeness (QED) is 0.748. The summed E-state index contributed by atoms with van der Waals surface area (Å²) in [5, 5.41) is 3.63. The average molecular weight is 419 g/mol. The summed E-state index contributed by atoms with van der Waals surface area (Å²) in [5.41, 5.74) is -0.787. The minimum Gasteiger partial charge on any atom is -0.346 e. The Morgan fingerprint density at radius 2 is 1.89 bits per heavy atom. The molecule has 5 rings (SSSR count). The van der Waals surface area contributed by atoms with Crippen LogP contribution in [0.4, 0.5) is 13.2 Å². The van der Waals surface area contributed by atoms with Crippen molar-refractivity contribution < 1.29 is 18.0 Å². The third-order valence-electron chi connectivity index (χ3n) is 5.94. The Bertz CT molecular complexity index is 856. The van der Waals surface area contributed by atoms with Gasteiger partial charge in [-0.25, -0.2) is 0 Å². The van der Waals surface area contributed by atoms with Crippen LogP contribution in [0.25, 0.3) is 10.1 Å². The molecule has 0 saturated carbocycles. The number of nitrogens with one attached hydrogen (secondary N) is 1. The molecule has 1 amide bonds. The Kier molecular flexibility index (Phi) is 5.25. The smallest absolute Gasteiger partial charge is 0.346 e. The van der Waals surface area contributed by atoms with Crippen LogP contribution >= 0.6 is 23.7 Å². The van der Waals surface area contributed by atoms with Crippen LogP contribution in [0.5, 0.6) is 0 Å². The molecule has 0 aliphatic carbocycles. The van der Waals surface area contributed by atoms with Crippen LogP contribution in [-0.2, 0) is 6.18 Å². The van der Waals surface area contributed by atoms with E-state index >= 15 is 0 Å². The highest BCUT2D eigenvalue weighted by atomic mass is 35.5. The van der Waals surface area contributed by atoms with Crippen molar-refractivity contribution in [3.8, 4) is 0 Å². The third-order valence-corrected chi connectivity index (χ3v) is 7.06. The summed E-state index contributed by atoms with van der Waals surface area (Å²) in [6.45, 7) is 6.44. The Labute approximate surface area is 166 Å². The monoisotopic (exact) mass is 418 g/mol. The normalized spacial score (nSPS) is 26.6. The van der Waals surface area contributed by atoms with Gasteiger partial charge in [0.05, 0.1) is 10.4 Å². The first-order valence-corrected chi connectivity index (χ1v) is 9.64. The highest BCUT2D eigenvalue weighted by molar-refractivity contribution is 7.20. The first-order chi connectivity index (χ1) is 12.2. The molecule has 0 unspecified atom stereocenters. The van der Waals surface area contributed by atoms with Crippen LogP contribution in [0.2, 0.25) is 0 Å². The number of alkyl halides is 3.